The van der Waals surface area contributed by atoms with E-state index in [0.717, 1.165) is 24.1 Å². The first-order chi connectivity index (χ1) is 12.5. The number of nitrogens with one attached hydrogen (secondary N) is 1. The molecule has 0 fully saturated rings. The van der Waals surface area contributed by atoms with Gasteiger partial charge in [0.1, 0.15) is 0 Å². The number of hydrazone groups is 1. The molecule has 6 nitrogen and oxygen atoms in total. The number of aliphatic imine (C=N–C) groups is 1. The molecule has 2 rings (SSSR count). The number of aryl methyl sites for hydroxylation is 2. The van der Waals surface area contributed by atoms with Gasteiger partial charge in [-0.1, -0.05) is 35.5 Å². The molecule has 0 atom stereocenters. The number of amides is 1. The largest absolute Gasteiger partial charge is 0.273 e. The Labute approximate surface area is 159 Å². The van der Waals surface area contributed by atoms with Gasteiger partial charge in [0.2, 0.25) is 5.91 Å². The van der Waals surface area contributed by atoms with Crippen LogP contribution in [-0.2, 0) is 4.79 Å². The summed E-state index contributed by atoms with van der Waals surface area (Å²) in [6.07, 6.45) is 6.62. The number of thioether (sulfide) groups is 1. The minimum absolute atomic E-state index is 0.0814. The van der Waals surface area contributed by atoms with Crippen LogP contribution in [0.1, 0.15) is 42.4 Å². The third-order valence-corrected chi connectivity index (χ3v) is 4.81. The lowest BCUT2D eigenvalue weighted by atomic mass is 9.98. The average molecular weight is 372 g/mol. The van der Waals surface area contributed by atoms with Gasteiger partial charge in [-0.15, -0.1) is 0 Å². The SMILES string of the molecule is CSC(=NCCCCN1N=C(c2ccc(C)cc2C)CCC1=O)NC#N. The Hall–Kier alpha value is -2.33. The molecule has 1 aliphatic heterocycles. The molecule has 1 heterocycles. The lowest BCUT2D eigenvalue weighted by molar-refractivity contribution is -0.131. The standard InChI is InChI=1S/C19H25N5OS/c1-14-6-7-16(15(2)12-14)17-8-9-18(25)24(23-17)11-5-4-10-21-19(26-3)22-13-20/h6-7,12H,4-5,8-11H2,1-3H3,(H,21,22). The summed E-state index contributed by atoms with van der Waals surface area (Å²) >= 11 is 1.41. The highest BCUT2D eigenvalue weighted by Crippen LogP contribution is 2.19. The van der Waals surface area contributed by atoms with Crippen LogP contribution in [0.3, 0.4) is 0 Å². The quantitative estimate of drug-likeness (QED) is 0.274. The van der Waals surface area contributed by atoms with Crippen molar-refractivity contribution in [3.8, 4) is 6.19 Å². The van der Waals surface area contributed by atoms with Crippen LogP contribution >= 0.6 is 11.8 Å². The molecule has 1 aliphatic rings. The van der Waals surface area contributed by atoms with Gasteiger partial charge in [0.25, 0.3) is 0 Å². The van der Waals surface area contributed by atoms with Crippen molar-refractivity contribution >= 4 is 28.5 Å². The number of unbranched alkanes of at least 4 members (excludes halogenated alkanes) is 1. The molecule has 0 spiro atoms. The van der Waals surface area contributed by atoms with Crippen molar-refractivity contribution in [1.82, 2.24) is 10.3 Å². The Kier molecular flexibility index (Phi) is 7.67. The lowest BCUT2D eigenvalue weighted by Gasteiger charge is -2.24. The first-order valence-electron chi connectivity index (χ1n) is 8.74. The van der Waals surface area contributed by atoms with Crippen molar-refractivity contribution in [2.45, 2.75) is 39.5 Å². The van der Waals surface area contributed by atoms with Crippen molar-refractivity contribution < 1.29 is 4.79 Å². The number of nitrogens with zero attached hydrogens (tertiary/aromatic N) is 4. The van der Waals surface area contributed by atoms with Crippen molar-refractivity contribution in [3.63, 3.8) is 0 Å². The van der Waals surface area contributed by atoms with E-state index in [1.165, 1.54) is 22.9 Å². The summed E-state index contributed by atoms with van der Waals surface area (Å²) in [5.74, 6) is 0.0814. The highest BCUT2D eigenvalue weighted by atomic mass is 32.2. The molecule has 0 aromatic heterocycles. The van der Waals surface area contributed by atoms with Crippen LogP contribution in [0, 0.1) is 25.3 Å². The van der Waals surface area contributed by atoms with Gasteiger partial charge in [-0.3, -0.25) is 15.1 Å². The lowest BCUT2D eigenvalue weighted by Crippen LogP contribution is -2.33. The number of carbonyl (C=O) groups excluding carboxylic acids is 1. The van der Waals surface area contributed by atoms with Crippen LogP contribution in [0.5, 0.6) is 0 Å². The maximum atomic E-state index is 12.2. The number of rotatable bonds is 6. The Balaban J connectivity index is 1.94. The van der Waals surface area contributed by atoms with E-state index in [9.17, 15) is 4.79 Å². The summed E-state index contributed by atoms with van der Waals surface area (Å²) in [6, 6.07) is 6.33. The van der Waals surface area contributed by atoms with E-state index < -0.39 is 0 Å². The minimum Gasteiger partial charge on any atom is -0.273 e. The molecule has 1 amide bonds. The van der Waals surface area contributed by atoms with Crippen molar-refractivity contribution in [3.05, 3.63) is 34.9 Å². The predicted molar refractivity (Wildman–Crippen MR) is 107 cm³/mol. The summed E-state index contributed by atoms with van der Waals surface area (Å²) in [4.78, 5) is 16.5. The second-order valence-electron chi connectivity index (χ2n) is 6.22. The van der Waals surface area contributed by atoms with E-state index in [1.54, 1.807) is 5.01 Å². The molecule has 1 N–H and O–H groups in total. The second-order valence-corrected chi connectivity index (χ2v) is 7.01. The van der Waals surface area contributed by atoms with Crippen molar-refractivity contribution in [2.24, 2.45) is 10.1 Å². The zero-order chi connectivity index (χ0) is 18.9. The molecular weight excluding hydrogens is 346 g/mol. The highest BCUT2D eigenvalue weighted by molar-refractivity contribution is 8.13. The molecule has 7 heteroatoms. The molecule has 0 aliphatic carbocycles. The van der Waals surface area contributed by atoms with Crippen LogP contribution in [0.2, 0.25) is 0 Å². The maximum absolute atomic E-state index is 12.2. The monoisotopic (exact) mass is 371 g/mol. The molecule has 0 saturated heterocycles. The van der Waals surface area contributed by atoms with Gasteiger partial charge in [-0.2, -0.15) is 10.4 Å². The Morgan fingerprint density at radius 2 is 2.19 bits per heavy atom. The molecule has 1 aromatic carbocycles. The normalized spacial score (nSPS) is 14.8. The number of nitriles is 1. The summed E-state index contributed by atoms with van der Waals surface area (Å²) in [7, 11) is 0. The smallest absolute Gasteiger partial charge is 0.243 e. The zero-order valence-electron chi connectivity index (χ0n) is 15.6. The van der Waals surface area contributed by atoms with Crippen molar-refractivity contribution in [2.75, 3.05) is 19.3 Å². The molecule has 0 bridgehead atoms. The molecule has 0 unspecified atom stereocenters. The third kappa shape index (κ3) is 5.60. The Morgan fingerprint density at radius 1 is 1.38 bits per heavy atom. The third-order valence-electron chi connectivity index (χ3n) is 4.19. The second kappa shape index (κ2) is 9.97. The van der Waals surface area contributed by atoms with E-state index in [4.69, 9.17) is 5.26 Å². The van der Waals surface area contributed by atoms with Crippen molar-refractivity contribution in [1.29, 1.82) is 5.26 Å². The molecule has 26 heavy (non-hydrogen) atoms. The van der Waals surface area contributed by atoms with Crippen LogP contribution in [0.15, 0.2) is 28.3 Å². The Bertz CT molecular complexity index is 751. The average Bonchev–Trinajstić information content (AvgIpc) is 2.62. The summed E-state index contributed by atoms with van der Waals surface area (Å²) in [5, 5.41) is 18.0. The highest BCUT2D eigenvalue weighted by Gasteiger charge is 2.21. The zero-order valence-corrected chi connectivity index (χ0v) is 16.4. The molecule has 0 saturated carbocycles. The summed E-state index contributed by atoms with van der Waals surface area (Å²) in [6.45, 7) is 5.39. The Morgan fingerprint density at radius 3 is 2.88 bits per heavy atom. The van der Waals surface area contributed by atoms with E-state index in [1.807, 2.05) is 12.4 Å². The number of benzene rings is 1. The van der Waals surface area contributed by atoms with E-state index in [2.05, 4.69) is 47.5 Å². The van der Waals surface area contributed by atoms with Crippen LogP contribution < -0.4 is 5.32 Å². The van der Waals surface area contributed by atoms with Crippen LogP contribution in [0.4, 0.5) is 0 Å². The topological polar surface area (TPSA) is 80.8 Å². The van der Waals surface area contributed by atoms with Gasteiger partial charge in [0.05, 0.1) is 5.71 Å². The predicted octanol–water partition coefficient (Wildman–Crippen LogP) is 3.20. The molecule has 138 valence electrons. The summed E-state index contributed by atoms with van der Waals surface area (Å²) in [5.41, 5.74) is 4.54. The van der Waals surface area contributed by atoms with Gasteiger partial charge in [0, 0.05) is 31.5 Å². The van der Waals surface area contributed by atoms with E-state index >= 15 is 0 Å². The van der Waals surface area contributed by atoms with Crippen LogP contribution in [0.25, 0.3) is 0 Å². The fourth-order valence-corrected chi connectivity index (χ4v) is 3.23. The number of carbonyl (C=O) groups is 1. The van der Waals surface area contributed by atoms with Gasteiger partial charge < -0.3 is 0 Å². The van der Waals surface area contributed by atoms with Crippen LogP contribution in [-0.4, -0.2) is 41.1 Å². The fourth-order valence-electron chi connectivity index (χ4n) is 2.86. The maximum Gasteiger partial charge on any atom is 0.243 e. The van der Waals surface area contributed by atoms with Gasteiger partial charge in [-0.25, -0.2) is 5.01 Å². The number of amidine groups is 1. The van der Waals surface area contributed by atoms with Gasteiger partial charge >= 0.3 is 0 Å². The fraction of sp³-hybridized carbons (Fsp3) is 0.474. The molecule has 1 aromatic rings. The van der Waals surface area contributed by atoms with Gasteiger partial charge in [-0.05, 0) is 38.5 Å². The first-order valence-corrected chi connectivity index (χ1v) is 9.96. The molecular formula is C19H25N5OS. The van der Waals surface area contributed by atoms with E-state index in [-0.39, 0.29) is 5.91 Å². The molecule has 0 radical (unpaired) electrons. The van der Waals surface area contributed by atoms with Gasteiger partial charge in [0.15, 0.2) is 11.4 Å². The minimum atomic E-state index is 0.0814. The summed E-state index contributed by atoms with van der Waals surface area (Å²) < 4.78 is 0. The number of hydrogen-bond acceptors (Lipinski definition) is 5. The number of hydrogen-bond donors (Lipinski definition) is 1. The first kappa shape index (κ1) is 20.0. The van der Waals surface area contributed by atoms with E-state index in [0.29, 0.717) is 31.1 Å².